The summed E-state index contributed by atoms with van der Waals surface area (Å²) in [7, 11) is 1.75. The molecule has 6 nitrogen and oxygen atoms in total. The van der Waals surface area contributed by atoms with Crippen molar-refractivity contribution in [1.29, 1.82) is 0 Å². The minimum Gasteiger partial charge on any atom is -0.444 e. The fraction of sp³-hybridized carbons (Fsp3) is 0.750. The molecule has 0 saturated heterocycles. The molecular weight excluding hydrogens is 280 g/mol. The van der Waals surface area contributed by atoms with E-state index in [2.05, 4.69) is 27.8 Å². The largest absolute Gasteiger partial charge is 0.444 e. The number of carbonyl (C=O) groups excluding carboxylic acids is 1. The van der Waals surface area contributed by atoms with Gasteiger partial charge in [0.2, 0.25) is 0 Å². The average molecular weight is 310 g/mol. The van der Waals surface area contributed by atoms with Crippen molar-refractivity contribution in [3.63, 3.8) is 0 Å². The normalized spacial score (nSPS) is 15.8. The first-order valence-corrected chi connectivity index (χ1v) is 7.95. The van der Waals surface area contributed by atoms with Crippen LogP contribution in [0.15, 0.2) is 17.1 Å². The van der Waals surface area contributed by atoms with E-state index in [1.807, 2.05) is 27.7 Å². The fourth-order valence-electron chi connectivity index (χ4n) is 2.14. The Labute approximate surface area is 134 Å². The van der Waals surface area contributed by atoms with Crippen molar-refractivity contribution in [1.82, 2.24) is 15.5 Å². The van der Waals surface area contributed by atoms with Crippen LogP contribution in [0.25, 0.3) is 0 Å². The molecule has 1 amide bonds. The molecule has 0 saturated carbocycles. The van der Waals surface area contributed by atoms with E-state index >= 15 is 0 Å². The smallest absolute Gasteiger partial charge is 0.410 e. The molecule has 0 aromatic rings. The molecule has 0 aromatic heterocycles. The number of aliphatic imine (C=N–C) groups is 1. The second-order valence-corrected chi connectivity index (χ2v) is 6.34. The number of nitrogens with one attached hydrogen (secondary N) is 2. The van der Waals surface area contributed by atoms with E-state index in [0.717, 1.165) is 18.8 Å². The maximum Gasteiger partial charge on any atom is 0.410 e. The Morgan fingerprint density at radius 2 is 2.00 bits per heavy atom. The van der Waals surface area contributed by atoms with Crippen molar-refractivity contribution in [3.8, 4) is 0 Å². The van der Waals surface area contributed by atoms with Crippen LogP contribution in [0.3, 0.4) is 0 Å². The van der Waals surface area contributed by atoms with Crippen molar-refractivity contribution in [3.05, 3.63) is 12.2 Å². The Kier molecular flexibility index (Phi) is 7.21. The lowest BCUT2D eigenvalue weighted by molar-refractivity contribution is 0.0264. The Balaban J connectivity index is 2.34. The van der Waals surface area contributed by atoms with Crippen molar-refractivity contribution in [2.75, 3.05) is 26.7 Å². The van der Waals surface area contributed by atoms with Crippen LogP contribution in [-0.2, 0) is 4.74 Å². The molecule has 1 aliphatic rings. The van der Waals surface area contributed by atoms with Gasteiger partial charge in [-0.05, 0) is 40.5 Å². The topological polar surface area (TPSA) is 66.0 Å². The van der Waals surface area contributed by atoms with Crippen LogP contribution in [0.2, 0.25) is 0 Å². The van der Waals surface area contributed by atoms with Gasteiger partial charge in [-0.2, -0.15) is 0 Å². The number of amides is 1. The number of rotatable bonds is 5. The number of carbonyl (C=O) groups is 1. The predicted octanol–water partition coefficient (Wildman–Crippen LogP) is 2.13. The summed E-state index contributed by atoms with van der Waals surface area (Å²) in [5, 5.41) is 6.61. The van der Waals surface area contributed by atoms with Gasteiger partial charge in [0, 0.05) is 32.7 Å². The highest BCUT2D eigenvalue weighted by molar-refractivity contribution is 5.80. The molecule has 0 aliphatic heterocycles. The number of ether oxygens (including phenoxy) is 1. The van der Waals surface area contributed by atoms with Gasteiger partial charge < -0.3 is 20.3 Å². The average Bonchev–Trinajstić information content (AvgIpc) is 2.93. The van der Waals surface area contributed by atoms with Gasteiger partial charge >= 0.3 is 6.09 Å². The molecule has 0 heterocycles. The molecule has 0 spiro atoms. The Hall–Kier alpha value is -1.72. The van der Waals surface area contributed by atoms with Gasteiger partial charge in [0.05, 0.1) is 0 Å². The molecule has 22 heavy (non-hydrogen) atoms. The Morgan fingerprint density at radius 1 is 1.36 bits per heavy atom. The quantitative estimate of drug-likeness (QED) is 0.464. The van der Waals surface area contributed by atoms with Gasteiger partial charge in [0.25, 0.3) is 0 Å². The number of nitrogens with zero attached hydrogens (tertiary/aromatic N) is 2. The van der Waals surface area contributed by atoms with E-state index in [1.54, 1.807) is 11.9 Å². The second kappa shape index (κ2) is 8.66. The molecule has 126 valence electrons. The van der Waals surface area contributed by atoms with Crippen molar-refractivity contribution < 1.29 is 9.53 Å². The molecule has 0 bridgehead atoms. The van der Waals surface area contributed by atoms with E-state index < -0.39 is 5.60 Å². The van der Waals surface area contributed by atoms with Crippen LogP contribution in [0.4, 0.5) is 4.79 Å². The van der Waals surface area contributed by atoms with Crippen LogP contribution in [-0.4, -0.2) is 55.3 Å². The number of guanidine groups is 1. The van der Waals surface area contributed by atoms with E-state index in [0.29, 0.717) is 25.7 Å². The zero-order chi connectivity index (χ0) is 16.6. The molecule has 0 radical (unpaired) electrons. The van der Waals surface area contributed by atoms with E-state index in [9.17, 15) is 4.79 Å². The minimum absolute atomic E-state index is 0.278. The number of likely N-dealkylation sites (N-methyl/N-ethyl adjacent to an activating group) is 1. The third kappa shape index (κ3) is 6.83. The summed E-state index contributed by atoms with van der Waals surface area (Å²) >= 11 is 0. The molecule has 0 atom stereocenters. The summed E-state index contributed by atoms with van der Waals surface area (Å²) in [6, 6.07) is 0.416. The third-order valence-corrected chi connectivity index (χ3v) is 3.28. The summed E-state index contributed by atoms with van der Waals surface area (Å²) in [5.74, 6) is 0.772. The molecule has 0 unspecified atom stereocenters. The standard InChI is InChI=1S/C16H30N4O2/c1-6-20(15(21)22-16(2,3)4)12-11-18-14(17-5)19-13-9-7-8-10-13/h7-8,13H,6,9-12H2,1-5H3,(H2,17,18,19). The van der Waals surface area contributed by atoms with E-state index in [1.165, 1.54) is 0 Å². The lowest BCUT2D eigenvalue weighted by Crippen LogP contribution is -2.46. The van der Waals surface area contributed by atoms with Gasteiger partial charge in [-0.15, -0.1) is 0 Å². The maximum atomic E-state index is 12.0. The molecule has 2 N–H and O–H groups in total. The summed E-state index contributed by atoms with van der Waals surface area (Å²) in [6.45, 7) is 9.40. The number of hydrogen-bond acceptors (Lipinski definition) is 3. The first-order valence-electron chi connectivity index (χ1n) is 7.95. The highest BCUT2D eigenvalue weighted by Gasteiger charge is 2.20. The lowest BCUT2D eigenvalue weighted by atomic mass is 10.2. The zero-order valence-corrected chi connectivity index (χ0v) is 14.5. The Bertz CT molecular complexity index is 405. The van der Waals surface area contributed by atoms with E-state index in [-0.39, 0.29) is 6.09 Å². The van der Waals surface area contributed by atoms with Crippen LogP contribution in [0, 0.1) is 0 Å². The van der Waals surface area contributed by atoms with Gasteiger partial charge in [-0.25, -0.2) is 4.79 Å². The van der Waals surface area contributed by atoms with Gasteiger partial charge in [0.1, 0.15) is 5.60 Å². The zero-order valence-electron chi connectivity index (χ0n) is 14.5. The summed E-state index contributed by atoms with van der Waals surface area (Å²) in [5.41, 5.74) is -0.467. The predicted molar refractivity (Wildman–Crippen MR) is 90.1 cm³/mol. The summed E-state index contributed by atoms with van der Waals surface area (Å²) in [6.07, 6.45) is 6.12. The van der Waals surface area contributed by atoms with Crippen LogP contribution in [0.1, 0.15) is 40.5 Å². The van der Waals surface area contributed by atoms with Crippen molar-refractivity contribution in [2.24, 2.45) is 4.99 Å². The van der Waals surface area contributed by atoms with Crippen LogP contribution < -0.4 is 10.6 Å². The fourth-order valence-corrected chi connectivity index (χ4v) is 2.14. The maximum absolute atomic E-state index is 12.0. The van der Waals surface area contributed by atoms with Gasteiger partial charge in [-0.1, -0.05) is 12.2 Å². The van der Waals surface area contributed by atoms with Crippen molar-refractivity contribution >= 4 is 12.1 Å². The van der Waals surface area contributed by atoms with Gasteiger partial charge in [-0.3, -0.25) is 4.99 Å². The molecule has 0 fully saturated rings. The lowest BCUT2D eigenvalue weighted by Gasteiger charge is -2.27. The highest BCUT2D eigenvalue weighted by Crippen LogP contribution is 2.10. The summed E-state index contributed by atoms with van der Waals surface area (Å²) in [4.78, 5) is 17.9. The van der Waals surface area contributed by atoms with E-state index in [4.69, 9.17) is 4.74 Å². The molecule has 0 aromatic carbocycles. The van der Waals surface area contributed by atoms with Crippen LogP contribution >= 0.6 is 0 Å². The van der Waals surface area contributed by atoms with Gasteiger partial charge in [0.15, 0.2) is 5.96 Å². The molecule has 1 rings (SSSR count). The molecular formula is C16H30N4O2. The second-order valence-electron chi connectivity index (χ2n) is 6.34. The number of hydrogen-bond donors (Lipinski definition) is 2. The van der Waals surface area contributed by atoms with Crippen molar-refractivity contribution in [2.45, 2.75) is 52.2 Å². The molecule has 1 aliphatic carbocycles. The summed E-state index contributed by atoms with van der Waals surface area (Å²) < 4.78 is 5.39. The first-order chi connectivity index (χ1) is 10.4. The Morgan fingerprint density at radius 3 is 2.50 bits per heavy atom. The third-order valence-electron chi connectivity index (χ3n) is 3.28. The van der Waals surface area contributed by atoms with Crippen LogP contribution in [0.5, 0.6) is 0 Å². The minimum atomic E-state index is -0.467. The first kappa shape index (κ1) is 18.3. The molecule has 6 heteroatoms. The monoisotopic (exact) mass is 310 g/mol. The highest BCUT2D eigenvalue weighted by atomic mass is 16.6. The SMILES string of the molecule is CCN(CCNC(=NC)NC1CC=CC1)C(=O)OC(C)(C)C.